The summed E-state index contributed by atoms with van der Waals surface area (Å²) in [4.78, 5) is 23.0. The standard InChI is InChI=1S/C25H35ClN4O3Si/c1-17-13-22(29(5)24(31)33-25(2,3)4)27-14-19(17)20-15-30(16-32-11-12-34(6,7)8)23-18(20)9-10-21(26)28-23/h9-10,13-15H,11-12,16H2,1-8H3. The number of carbonyl (C=O) groups excluding carboxylic acids is 1. The summed E-state index contributed by atoms with van der Waals surface area (Å²) in [6.45, 7) is 15.6. The third-order valence-corrected chi connectivity index (χ3v) is 7.23. The molecule has 0 unspecified atom stereocenters. The Morgan fingerprint density at radius 2 is 1.91 bits per heavy atom. The Balaban J connectivity index is 1.90. The first-order valence-corrected chi connectivity index (χ1v) is 15.5. The highest BCUT2D eigenvalue weighted by molar-refractivity contribution is 6.76. The van der Waals surface area contributed by atoms with Crippen molar-refractivity contribution in [2.75, 3.05) is 18.6 Å². The van der Waals surface area contributed by atoms with E-state index in [1.165, 1.54) is 4.90 Å². The van der Waals surface area contributed by atoms with Crippen LogP contribution >= 0.6 is 11.6 Å². The van der Waals surface area contributed by atoms with Crippen molar-refractivity contribution in [3.63, 3.8) is 0 Å². The molecule has 0 saturated carbocycles. The number of anilines is 1. The number of fused-ring (bicyclic) bond motifs is 1. The summed E-state index contributed by atoms with van der Waals surface area (Å²) in [6, 6.07) is 6.75. The van der Waals surface area contributed by atoms with Crippen LogP contribution in [-0.2, 0) is 16.2 Å². The number of aromatic nitrogens is 3. The summed E-state index contributed by atoms with van der Waals surface area (Å²) in [5.74, 6) is 0.523. The van der Waals surface area contributed by atoms with Gasteiger partial charge in [0.25, 0.3) is 0 Å². The molecule has 0 bridgehead atoms. The minimum Gasteiger partial charge on any atom is -0.443 e. The number of pyridine rings is 2. The van der Waals surface area contributed by atoms with Crippen LogP contribution in [0.5, 0.6) is 0 Å². The Morgan fingerprint density at radius 3 is 2.53 bits per heavy atom. The molecule has 3 aromatic rings. The lowest BCUT2D eigenvalue weighted by molar-refractivity contribution is 0.0588. The normalized spacial score (nSPS) is 12.3. The molecule has 184 valence electrons. The SMILES string of the molecule is Cc1cc(N(C)C(=O)OC(C)(C)C)ncc1-c1cn(COCC[Si](C)(C)C)c2nc(Cl)ccc12. The number of halogens is 1. The van der Waals surface area contributed by atoms with E-state index >= 15 is 0 Å². The molecule has 7 nitrogen and oxygen atoms in total. The molecule has 0 aromatic carbocycles. The van der Waals surface area contributed by atoms with E-state index in [9.17, 15) is 4.79 Å². The lowest BCUT2D eigenvalue weighted by Gasteiger charge is -2.24. The molecule has 0 N–H and O–H groups in total. The van der Waals surface area contributed by atoms with Crippen molar-refractivity contribution in [1.82, 2.24) is 14.5 Å². The van der Waals surface area contributed by atoms with Crippen LogP contribution in [0.1, 0.15) is 26.3 Å². The quantitative estimate of drug-likeness (QED) is 0.203. The number of hydrogen-bond acceptors (Lipinski definition) is 5. The third-order valence-electron chi connectivity index (χ3n) is 5.31. The number of nitrogens with zero attached hydrogens (tertiary/aromatic N) is 4. The summed E-state index contributed by atoms with van der Waals surface area (Å²) in [5.41, 5.74) is 3.12. The van der Waals surface area contributed by atoms with Gasteiger partial charge in [-0.05, 0) is 57.5 Å². The third kappa shape index (κ3) is 6.58. The molecule has 0 aliphatic heterocycles. The lowest BCUT2D eigenvalue weighted by atomic mass is 10.0. The van der Waals surface area contributed by atoms with Crippen LogP contribution in [0.2, 0.25) is 30.8 Å². The van der Waals surface area contributed by atoms with Gasteiger partial charge in [-0.3, -0.25) is 4.90 Å². The average molecular weight is 503 g/mol. The van der Waals surface area contributed by atoms with Gasteiger partial charge >= 0.3 is 6.09 Å². The van der Waals surface area contributed by atoms with E-state index in [1.54, 1.807) is 19.3 Å². The second-order valence-electron chi connectivity index (χ2n) is 10.8. The van der Waals surface area contributed by atoms with Gasteiger partial charge in [0.1, 0.15) is 29.0 Å². The van der Waals surface area contributed by atoms with Crippen molar-refractivity contribution in [1.29, 1.82) is 0 Å². The molecule has 34 heavy (non-hydrogen) atoms. The Morgan fingerprint density at radius 1 is 1.21 bits per heavy atom. The zero-order valence-electron chi connectivity index (χ0n) is 21.4. The zero-order valence-corrected chi connectivity index (χ0v) is 23.2. The maximum Gasteiger partial charge on any atom is 0.415 e. The fraction of sp³-hybridized carbons (Fsp3) is 0.480. The molecule has 3 aromatic heterocycles. The monoisotopic (exact) mass is 502 g/mol. The Bertz CT molecular complexity index is 1180. The van der Waals surface area contributed by atoms with Crippen molar-refractivity contribution in [2.45, 2.75) is 65.7 Å². The molecule has 3 rings (SSSR count). The van der Waals surface area contributed by atoms with Crippen molar-refractivity contribution >= 4 is 42.6 Å². The van der Waals surface area contributed by atoms with Crippen LogP contribution in [0.15, 0.2) is 30.6 Å². The summed E-state index contributed by atoms with van der Waals surface area (Å²) in [6.07, 6.45) is 3.37. The molecule has 1 amide bonds. The largest absolute Gasteiger partial charge is 0.443 e. The average Bonchev–Trinajstić information content (AvgIpc) is 3.06. The van der Waals surface area contributed by atoms with Gasteiger partial charge in [0.05, 0.1) is 0 Å². The van der Waals surface area contributed by atoms with Gasteiger partial charge in [-0.2, -0.15) is 0 Å². The maximum absolute atomic E-state index is 12.5. The van der Waals surface area contributed by atoms with E-state index in [4.69, 9.17) is 21.1 Å². The zero-order chi connectivity index (χ0) is 25.3. The fourth-order valence-corrected chi connectivity index (χ4v) is 4.33. The summed E-state index contributed by atoms with van der Waals surface area (Å²) < 4.78 is 13.4. The van der Waals surface area contributed by atoms with Crippen LogP contribution in [0.3, 0.4) is 0 Å². The second kappa shape index (κ2) is 10.1. The predicted molar refractivity (Wildman–Crippen MR) is 141 cm³/mol. The highest BCUT2D eigenvalue weighted by Gasteiger charge is 2.22. The predicted octanol–water partition coefficient (Wildman–Crippen LogP) is 6.74. The first-order chi connectivity index (χ1) is 15.7. The highest BCUT2D eigenvalue weighted by Crippen LogP contribution is 2.33. The van der Waals surface area contributed by atoms with Crippen molar-refractivity contribution in [3.8, 4) is 11.1 Å². The molecule has 0 aliphatic carbocycles. The molecule has 0 fully saturated rings. The van der Waals surface area contributed by atoms with E-state index in [1.807, 2.05) is 50.6 Å². The Kier molecular flexibility index (Phi) is 7.74. The molecule has 0 radical (unpaired) electrons. The molecular formula is C25H35ClN4O3Si. The van der Waals surface area contributed by atoms with Crippen LogP contribution in [0.25, 0.3) is 22.2 Å². The van der Waals surface area contributed by atoms with Crippen LogP contribution < -0.4 is 4.90 Å². The molecule has 9 heteroatoms. The number of ether oxygens (including phenoxy) is 2. The van der Waals surface area contributed by atoms with Crippen molar-refractivity contribution in [3.05, 3.63) is 41.3 Å². The van der Waals surface area contributed by atoms with Crippen molar-refractivity contribution in [2.24, 2.45) is 0 Å². The highest BCUT2D eigenvalue weighted by atomic mass is 35.5. The van der Waals surface area contributed by atoms with Crippen LogP contribution in [-0.4, -0.2) is 48.0 Å². The van der Waals surface area contributed by atoms with Gasteiger partial charge < -0.3 is 14.0 Å². The molecule has 0 atom stereocenters. The van der Waals surface area contributed by atoms with Gasteiger partial charge in [0, 0.05) is 50.6 Å². The van der Waals surface area contributed by atoms with Gasteiger partial charge in [0.2, 0.25) is 0 Å². The minimum atomic E-state index is -1.17. The Labute approximate surface area is 208 Å². The van der Waals surface area contributed by atoms with Gasteiger partial charge in [-0.1, -0.05) is 31.2 Å². The van der Waals surface area contributed by atoms with Crippen LogP contribution in [0.4, 0.5) is 10.6 Å². The summed E-state index contributed by atoms with van der Waals surface area (Å²) in [7, 11) is 0.492. The summed E-state index contributed by atoms with van der Waals surface area (Å²) in [5, 5.41) is 1.40. The molecular weight excluding hydrogens is 468 g/mol. The van der Waals surface area contributed by atoms with E-state index in [2.05, 4.69) is 29.6 Å². The number of rotatable bonds is 7. The van der Waals surface area contributed by atoms with Gasteiger partial charge in [-0.15, -0.1) is 0 Å². The van der Waals surface area contributed by atoms with E-state index in [0.29, 0.717) is 17.7 Å². The number of aryl methyl sites for hydroxylation is 1. The minimum absolute atomic E-state index is 0.403. The Hall–Kier alpha value is -2.42. The van der Waals surface area contributed by atoms with E-state index < -0.39 is 19.8 Å². The lowest BCUT2D eigenvalue weighted by Crippen LogP contribution is -2.34. The maximum atomic E-state index is 12.5. The van der Waals surface area contributed by atoms with Gasteiger partial charge in [-0.25, -0.2) is 14.8 Å². The first-order valence-electron chi connectivity index (χ1n) is 11.4. The van der Waals surface area contributed by atoms with E-state index in [0.717, 1.165) is 40.4 Å². The number of carbonyl (C=O) groups is 1. The molecule has 0 aliphatic rings. The van der Waals surface area contributed by atoms with Crippen LogP contribution in [0, 0.1) is 6.92 Å². The molecule has 0 saturated heterocycles. The topological polar surface area (TPSA) is 69.5 Å². The second-order valence-corrected chi connectivity index (χ2v) is 16.8. The number of amides is 1. The number of hydrogen-bond donors (Lipinski definition) is 0. The van der Waals surface area contributed by atoms with E-state index in [-0.39, 0.29) is 0 Å². The smallest absolute Gasteiger partial charge is 0.415 e. The first kappa shape index (κ1) is 26.2. The van der Waals surface area contributed by atoms with Crippen molar-refractivity contribution < 1.29 is 14.3 Å². The molecule has 0 spiro atoms. The fourth-order valence-electron chi connectivity index (χ4n) is 3.43. The van der Waals surface area contributed by atoms with Gasteiger partial charge in [0.15, 0.2) is 0 Å². The molecule has 3 heterocycles. The summed E-state index contributed by atoms with van der Waals surface area (Å²) >= 11 is 6.21.